The van der Waals surface area contributed by atoms with Crippen LogP contribution in [0.1, 0.15) is 41.4 Å². The Morgan fingerprint density at radius 1 is 1.41 bits per heavy atom. The minimum Gasteiger partial charge on any atom is -0.469 e. The quantitative estimate of drug-likeness (QED) is 0.882. The number of benzene rings is 1. The number of hydrogen-bond donors (Lipinski definition) is 1. The van der Waals surface area contributed by atoms with Crippen molar-refractivity contribution in [2.45, 2.75) is 38.6 Å². The SMILES string of the molecule is COC(=O)Cc1ccc(-n2nc(C)c3c2CCCC3N)cc1. The number of fused-ring (bicyclic) bond motifs is 1. The first-order valence-electron chi connectivity index (χ1n) is 7.60. The summed E-state index contributed by atoms with van der Waals surface area (Å²) in [6, 6.07) is 7.96. The number of rotatable bonds is 3. The average molecular weight is 299 g/mol. The fourth-order valence-corrected chi connectivity index (χ4v) is 3.15. The van der Waals surface area contributed by atoms with Gasteiger partial charge >= 0.3 is 5.97 Å². The van der Waals surface area contributed by atoms with Gasteiger partial charge in [0, 0.05) is 17.3 Å². The lowest BCUT2D eigenvalue weighted by molar-refractivity contribution is -0.139. The van der Waals surface area contributed by atoms with Crippen LogP contribution in [0.15, 0.2) is 24.3 Å². The highest BCUT2D eigenvalue weighted by atomic mass is 16.5. The third-order valence-electron chi connectivity index (χ3n) is 4.26. The average Bonchev–Trinajstić information content (AvgIpc) is 2.86. The first kappa shape index (κ1) is 14.8. The van der Waals surface area contributed by atoms with Crippen LogP contribution < -0.4 is 5.73 Å². The third kappa shape index (κ3) is 2.64. The summed E-state index contributed by atoms with van der Waals surface area (Å²) in [6.45, 7) is 2.02. The summed E-state index contributed by atoms with van der Waals surface area (Å²) in [6.07, 6.45) is 3.42. The molecule has 0 spiro atoms. The number of nitrogens with two attached hydrogens (primary N) is 1. The topological polar surface area (TPSA) is 70.1 Å². The van der Waals surface area contributed by atoms with Gasteiger partial charge in [0.05, 0.1) is 24.9 Å². The summed E-state index contributed by atoms with van der Waals surface area (Å²) in [5, 5.41) is 4.66. The van der Waals surface area contributed by atoms with Gasteiger partial charge < -0.3 is 10.5 Å². The Balaban J connectivity index is 1.92. The molecule has 22 heavy (non-hydrogen) atoms. The van der Waals surface area contributed by atoms with E-state index in [1.165, 1.54) is 18.4 Å². The van der Waals surface area contributed by atoms with Gasteiger partial charge in [-0.3, -0.25) is 4.79 Å². The highest BCUT2D eigenvalue weighted by Gasteiger charge is 2.24. The Hall–Kier alpha value is -2.14. The number of ether oxygens (including phenoxy) is 1. The summed E-state index contributed by atoms with van der Waals surface area (Å²) in [7, 11) is 1.40. The van der Waals surface area contributed by atoms with Gasteiger partial charge in [0.1, 0.15) is 0 Å². The zero-order chi connectivity index (χ0) is 15.7. The lowest BCUT2D eigenvalue weighted by Gasteiger charge is -2.20. The van der Waals surface area contributed by atoms with Gasteiger partial charge in [-0.2, -0.15) is 5.10 Å². The summed E-state index contributed by atoms with van der Waals surface area (Å²) in [5.41, 5.74) is 11.6. The predicted molar refractivity (Wildman–Crippen MR) is 83.9 cm³/mol. The number of hydrogen-bond acceptors (Lipinski definition) is 4. The van der Waals surface area contributed by atoms with Crippen LogP contribution in [-0.2, 0) is 22.4 Å². The van der Waals surface area contributed by atoms with Crippen molar-refractivity contribution >= 4 is 5.97 Å². The molecule has 1 aliphatic rings. The van der Waals surface area contributed by atoms with Crippen molar-refractivity contribution in [1.29, 1.82) is 0 Å². The van der Waals surface area contributed by atoms with E-state index in [-0.39, 0.29) is 18.4 Å². The number of nitrogens with zero attached hydrogens (tertiary/aromatic N) is 2. The van der Waals surface area contributed by atoms with E-state index in [1.54, 1.807) is 0 Å². The molecular formula is C17H21N3O2. The van der Waals surface area contributed by atoms with Gasteiger partial charge in [-0.1, -0.05) is 12.1 Å². The number of aryl methyl sites for hydroxylation is 1. The van der Waals surface area contributed by atoms with Gasteiger partial charge in [0.15, 0.2) is 0 Å². The first-order chi connectivity index (χ1) is 10.6. The Bertz CT molecular complexity index is 689. The molecule has 116 valence electrons. The molecule has 0 fully saturated rings. The molecule has 1 aliphatic carbocycles. The first-order valence-corrected chi connectivity index (χ1v) is 7.60. The molecule has 3 rings (SSSR count). The van der Waals surface area contributed by atoms with E-state index in [4.69, 9.17) is 5.73 Å². The molecule has 0 amide bonds. The van der Waals surface area contributed by atoms with Crippen molar-refractivity contribution < 1.29 is 9.53 Å². The molecule has 0 bridgehead atoms. The van der Waals surface area contributed by atoms with Crippen LogP contribution in [0.5, 0.6) is 0 Å². The lowest BCUT2D eigenvalue weighted by atomic mass is 9.91. The molecule has 5 heteroatoms. The van der Waals surface area contributed by atoms with Crippen LogP contribution in [0.4, 0.5) is 0 Å². The van der Waals surface area contributed by atoms with Crippen molar-refractivity contribution in [2.24, 2.45) is 5.73 Å². The van der Waals surface area contributed by atoms with Gasteiger partial charge in [0.2, 0.25) is 0 Å². The summed E-state index contributed by atoms with van der Waals surface area (Å²) >= 11 is 0. The molecule has 0 radical (unpaired) electrons. The maximum atomic E-state index is 11.3. The maximum absolute atomic E-state index is 11.3. The molecule has 1 aromatic carbocycles. The smallest absolute Gasteiger partial charge is 0.309 e. The number of carbonyl (C=O) groups excluding carboxylic acids is 1. The molecule has 5 nitrogen and oxygen atoms in total. The molecule has 1 heterocycles. The molecular weight excluding hydrogens is 278 g/mol. The lowest BCUT2D eigenvalue weighted by Crippen LogP contribution is -2.18. The Morgan fingerprint density at radius 3 is 2.82 bits per heavy atom. The van der Waals surface area contributed by atoms with Crippen LogP contribution >= 0.6 is 0 Å². The van der Waals surface area contributed by atoms with Crippen LogP contribution in [0.3, 0.4) is 0 Å². The van der Waals surface area contributed by atoms with Crippen LogP contribution in [-0.4, -0.2) is 22.9 Å². The minimum absolute atomic E-state index is 0.0936. The number of aromatic nitrogens is 2. The molecule has 0 saturated carbocycles. The van der Waals surface area contributed by atoms with Crippen LogP contribution in [0.2, 0.25) is 0 Å². The van der Waals surface area contributed by atoms with Crippen molar-refractivity contribution in [3.63, 3.8) is 0 Å². The Kier molecular flexibility index (Phi) is 3.98. The van der Waals surface area contributed by atoms with Crippen molar-refractivity contribution in [3.8, 4) is 5.69 Å². The fraction of sp³-hybridized carbons (Fsp3) is 0.412. The molecule has 2 N–H and O–H groups in total. The molecule has 2 aromatic rings. The molecule has 1 atom stereocenters. The zero-order valence-corrected chi connectivity index (χ0v) is 13.0. The molecule has 1 aromatic heterocycles. The van der Waals surface area contributed by atoms with Crippen LogP contribution in [0, 0.1) is 6.92 Å². The number of carbonyl (C=O) groups is 1. The van der Waals surface area contributed by atoms with Crippen LogP contribution in [0.25, 0.3) is 5.69 Å². The van der Waals surface area contributed by atoms with Crippen molar-refractivity contribution in [2.75, 3.05) is 7.11 Å². The van der Waals surface area contributed by atoms with E-state index in [0.29, 0.717) is 0 Å². The van der Waals surface area contributed by atoms with Crippen molar-refractivity contribution in [3.05, 3.63) is 46.8 Å². The monoisotopic (exact) mass is 299 g/mol. The standard InChI is InChI=1S/C17H21N3O2/c1-11-17-14(18)4-3-5-15(17)20(19-11)13-8-6-12(7-9-13)10-16(21)22-2/h6-9,14H,3-5,10,18H2,1-2H3. The van der Waals surface area contributed by atoms with E-state index in [2.05, 4.69) is 9.84 Å². The zero-order valence-electron chi connectivity index (χ0n) is 13.0. The second kappa shape index (κ2) is 5.93. The normalized spacial score (nSPS) is 17.1. The minimum atomic E-state index is -0.231. The third-order valence-corrected chi connectivity index (χ3v) is 4.26. The predicted octanol–water partition coefficient (Wildman–Crippen LogP) is 2.23. The van der Waals surface area contributed by atoms with Gasteiger partial charge in [-0.15, -0.1) is 0 Å². The van der Waals surface area contributed by atoms with E-state index in [0.717, 1.165) is 36.2 Å². The van der Waals surface area contributed by atoms with Gasteiger partial charge in [-0.25, -0.2) is 4.68 Å². The summed E-state index contributed by atoms with van der Waals surface area (Å²) in [4.78, 5) is 11.3. The van der Waals surface area contributed by atoms with E-state index in [9.17, 15) is 4.79 Å². The maximum Gasteiger partial charge on any atom is 0.309 e. The molecule has 1 unspecified atom stereocenters. The highest BCUT2D eigenvalue weighted by Crippen LogP contribution is 2.31. The number of esters is 1. The van der Waals surface area contributed by atoms with Gasteiger partial charge in [-0.05, 0) is 43.9 Å². The van der Waals surface area contributed by atoms with Crippen molar-refractivity contribution in [1.82, 2.24) is 9.78 Å². The Labute approximate surface area is 130 Å². The highest BCUT2D eigenvalue weighted by molar-refractivity contribution is 5.72. The largest absolute Gasteiger partial charge is 0.469 e. The Morgan fingerprint density at radius 2 is 2.14 bits per heavy atom. The van der Waals surface area contributed by atoms with E-state index < -0.39 is 0 Å². The summed E-state index contributed by atoms with van der Waals surface area (Å²) in [5.74, 6) is -0.231. The molecule has 0 aliphatic heterocycles. The molecule has 0 saturated heterocycles. The second-order valence-corrected chi connectivity index (χ2v) is 5.78. The second-order valence-electron chi connectivity index (χ2n) is 5.78. The van der Waals surface area contributed by atoms with E-state index in [1.807, 2.05) is 35.9 Å². The fourth-order valence-electron chi connectivity index (χ4n) is 3.15. The van der Waals surface area contributed by atoms with E-state index >= 15 is 0 Å². The number of methoxy groups -OCH3 is 1. The van der Waals surface area contributed by atoms with Gasteiger partial charge in [0.25, 0.3) is 0 Å². The summed E-state index contributed by atoms with van der Waals surface area (Å²) < 4.78 is 6.68.